The number of hydrogen-bond acceptors (Lipinski definition) is 8. The van der Waals surface area contributed by atoms with Crippen molar-refractivity contribution in [3.05, 3.63) is 96.2 Å². The highest BCUT2D eigenvalue weighted by Gasteiger charge is 2.31. The van der Waals surface area contributed by atoms with E-state index in [4.69, 9.17) is 10.0 Å². The molecule has 0 bridgehead atoms. The highest BCUT2D eigenvalue weighted by atomic mass is 16.4. The number of amides is 3. The average molecular weight is 615 g/mol. The minimum Gasteiger partial charge on any atom is -0.480 e. The molecule has 3 amide bonds. The van der Waals surface area contributed by atoms with E-state index in [9.17, 15) is 24.3 Å². The second kappa shape index (κ2) is 17.3. The predicted molar refractivity (Wildman–Crippen MR) is 167 cm³/mol. The average Bonchev–Trinajstić information content (AvgIpc) is 3.43. The summed E-state index contributed by atoms with van der Waals surface area (Å²) < 4.78 is 0. The Bertz CT molecular complexity index is 1550. The fourth-order valence-electron chi connectivity index (χ4n) is 4.67. The Morgan fingerprint density at radius 2 is 1.47 bits per heavy atom. The lowest BCUT2D eigenvalue weighted by Gasteiger charge is -2.25. The zero-order valence-electron chi connectivity index (χ0n) is 24.9. The molecule has 14 heteroatoms. The van der Waals surface area contributed by atoms with Gasteiger partial charge in [-0.3, -0.25) is 19.4 Å². The molecule has 2 aromatic carbocycles. The maximum Gasteiger partial charge on any atom is 0.482 e. The number of carbonyl (C=O) groups excluding carboxylic acids is 3. The van der Waals surface area contributed by atoms with Crippen LogP contribution in [0.3, 0.4) is 0 Å². The van der Waals surface area contributed by atoms with Gasteiger partial charge < -0.3 is 36.1 Å². The van der Waals surface area contributed by atoms with Gasteiger partial charge in [-0.1, -0.05) is 62.4 Å². The Labute approximate surface area is 260 Å². The number of fused-ring (bicyclic) bond motifs is 1. The number of aromatic amines is 1. The van der Waals surface area contributed by atoms with Crippen LogP contribution in [0.1, 0.15) is 41.9 Å². The first kappa shape index (κ1) is 34.4. The standard InChI is InChI=1S/C31H34N6O5.BH2O2/c1-19(2)14-26(31(41)42)37-28(38)24(15-20-8-4-3-5-9-20)35-29(39)25(36-30(40)27-18-32-12-13-33-27)16-21-17-34-23-11-7-6-10-22(21)23;2-1-3/h3-13,17-19,24-26,34H,14-16H2,1-2H3,(H,35,39)(H,36,40)(H,37,38)(H,41,42);2-3H/t24-,25-,26-;/m0./s1. The van der Waals surface area contributed by atoms with Crippen molar-refractivity contribution in [2.45, 2.75) is 51.2 Å². The molecule has 13 nitrogen and oxygen atoms in total. The third kappa shape index (κ3) is 10.6. The van der Waals surface area contributed by atoms with Crippen LogP contribution in [0.15, 0.2) is 79.4 Å². The van der Waals surface area contributed by atoms with E-state index in [2.05, 4.69) is 30.9 Å². The van der Waals surface area contributed by atoms with Crippen LogP contribution >= 0.6 is 0 Å². The molecule has 0 aliphatic rings. The number of carbonyl (C=O) groups is 4. The first-order valence-electron chi connectivity index (χ1n) is 14.2. The van der Waals surface area contributed by atoms with Gasteiger partial charge in [0.05, 0.1) is 6.20 Å². The van der Waals surface area contributed by atoms with Gasteiger partial charge in [-0.25, -0.2) is 9.78 Å². The van der Waals surface area contributed by atoms with E-state index in [1.165, 1.54) is 18.6 Å². The summed E-state index contributed by atoms with van der Waals surface area (Å²) in [6, 6.07) is 13.4. The van der Waals surface area contributed by atoms with E-state index in [1.54, 1.807) is 6.20 Å². The summed E-state index contributed by atoms with van der Waals surface area (Å²) in [5.41, 5.74) is 2.46. The van der Waals surface area contributed by atoms with Crippen LogP contribution in [0, 0.1) is 5.92 Å². The van der Waals surface area contributed by atoms with Crippen LogP contribution in [0.4, 0.5) is 0 Å². The summed E-state index contributed by atoms with van der Waals surface area (Å²) in [7, 11) is 0. The number of para-hydroxylation sites is 1. The van der Waals surface area contributed by atoms with Crippen molar-refractivity contribution in [1.82, 2.24) is 30.9 Å². The topological polar surface area (TPSA) is 207 Å². The Hall–Kier alpha value is -5.08. The van der Waals surface area contributed by atoms with Gasteiger partial charge in [-0.2, -0.15) is 0 Å². The molecule has 0 aliphatic carbocycles. The van der Waals surface area contributed by atoms with Crippen molar-refractivity contribution in [1.29, 1.82) is 0 Å². The summed E-state index contributed by atoms with van der Waals surface area (Å²) in [6.07, 6.45) is 6.34. The third-order valence-electron chi connectivity index (χ3n) is 6.75. The Morgan fingerprint density at radius 1 is 0.844 bits per heavy atom. The van der Waals surface area contributed by atoms with Crippen molar-refractivity contribution in [2.75, 3.05) is 0 Å². The molecule has 4 aromatic rings. The van der Waals surface area contributed by atoms with Crippen molar-refractivity contribution in [3.8, 4) is 0 Å². The zero-order valence-corrected chi connectivity index (χ0v) is 24.9. The van der Waals surface area contributed by atoms with Gasteiger partial charge in [-0.05, 0) is 29.5 Å². The van der Waals surface area contributed by atoms with E-state index in [1.807, 2.05) is 68.4 Å². The number of benzene rings is 2. The number of aromatic nitrogens is 3. The maximum atomic E-state index is 13.8. The SMILES string of the molecule is CC(C)C[C@H](NC(=O)[C@H](Cc1ccccc1)NC(=O)[C@H](Cc1c[nH]c2ccccc12)NC(=O)c1cnccn1)C(=O)O.O[B]O. The number of rotatable bonds is 13. The van der Waals surface area contributed by atoms with Crippen LogP contribution < -0.4 is 16.0 Å². The molecular weight excluding hydrogens is 579 g/mol. The lowest BCUT2D eigenvalue weighted by Crippen LogP contribution is -2.57. The van der Waals surface area contributed by atoms with Crippen LogP contribution in [-0.2, 0) is 27.2 Å². The van der Waals surface area contributed by atoms with Gasteiger partial charge in [-0.15, -0.1) is 0 Å². The van der Waals surface area contributed by atoms with Gasteiger partial charge in [0, 0.05) is 42.3 Å². The Balaban J connectivity index is 0.00000177. The molecule has 0 saturated carbocycles. The Morgan fingerprint density at radius 3 is 2.09 bits per heavy atom. The molecule has 235 valence electrons. The molecule has 45 heavy (non-hydrogen) atoms. The first-order chi connectivity index (χ1) is 21.6. The van der Waals surface area contributed by atoms with Gasteiger partial charge in [0.25, 0.3) is 5.91 Å². The molecule has 0 fully saturated rings. The van der Waals surface area contributed by atoms with Crippen molar-refractivity contribution < 1.29 is 34.3 Å². The molecule has 4 rings (SSSR count). The molecule has 0 aliphatic heterocycles. The normalized spacial score (nSPS) is 12.6. The number of H-pyrrole nitrogens is 1. The molecule has 0 unspecified atom stereocenters. The highest BCUT2D eigenvalue weighted by molar-refractivity contribution is 6.13. The van der Waals surface area contributed by atoms with Gasteiger partial charge in [0.2, 0.25) is 11.8 Å². The molecule has 3 atom stereocenters. The van der Waals surface area contributed by atoms with E-state index in [0.29, 0.717) is 0 Å². The molecule has 1 radical (unpaired) electrons. The lowest BCUT2D eigenvalue weighted by atomic mass is 10.0. The number of hydrogen-bond donors (Lipinski definition) is 7. The van der Waals surface area contributed by atoms with E-state index in [-0.39, 0.29) is 38.6 Å². The van der Waals surface area contributed by atoms with E-state index in [0.717, 1.165) is 22.0 Å². The molecule has 2 aromatic heterocycles. The van der Waals surface area contributed by atoms with Crippen LogP contribution in [0.25, 0.3) is 10.9 Å². The second-order valence-electron chi connectivity index (χ2n) is 10.6. The summed E-state index contributed by atoms with van der Waals surface area (Å²) in [5, 5.41) is 32.7. The minimum atomic E-state index is -1.16. The first-order valence-corrected chi connectivity index (χ1v) is 14.2. The van der Waals surface area contributed by atoms with Crippen LogP contribution in [0.5, 0.6) is 0 Å². The molecule has 0 spiro atoms. The zero-order chi connectivity index (χ0) is 32.8. The summed E-state index contributed by atoms with van der Waals surface area (Å²) in [5.74, 6) is -2.98. The van der Waals surface area contributed by atoms with E-state index < -0.39 is 41.8 Å². The number of carboxylic acids is 1. The lowest BCUT2D eigenvalue weighted by molar-refractivity contribution is -0.142. The van der Waals surface area contributed by atoms with Gasteiger partial charge >= 0.3 is 13.7 Å². The largest absolute Gasteiger partial charge is 0.482 e. The van der Waals surface area contributed by atoms with Gasteiger partial charge in [0.1, 0.15) is 23.8 Å². The monoisotopic (exact) mass is 615 g/mol. The molecule has 7 N–H and O–H groups in total. The smallest absolute Gasteiger partial charge is 0.480 e. The Kier molecular flexibility index (Phi) is 13.2. The van der Waals surface area contributed by atoms with E-state index >= 15 is 0 Å². The molecular formula is C31H36BN6O7. The minimum absolute atomic E-state index is 0. The second-order valence-corrected chi connectivity index (χ2v) is 10.6. The maximum absolute atomic E-state index is 13.8. The third-order valence-corrected chi connectivity index (χ3v) is 6.75. The summed E-state index contributed by atoms with van der Waals surface area (Å²) in [6.45, 7) is 3.72. The fourth-order valence-corrected chi connectivity index (χ4v) is 4.67. The summed E-state index contributed by atoms with van der Waals surface area (Å²) in [4.78, 5) is 63.3. The van der Waals surface area contributed by atoms with Gasteiger partial charge in [0.15, 0.2) is 0 Å². The molecule has 2 heterocycles. The van der Waals surface area contributed by atoms with Crippen molar-refractivity contribution in [2.24, 2.45) is 5.92 Å². The number of carboxylic acid groups (broad SMARTS) is 1. The number of nitrogens with one attached hydrogen (secondary N) is 4. The summed E-state index contributed by atoms with van der Waals surface area (Å²) >= 11 is 0. The van der Waals surface area contributed by atoms with Crippen molar-refractivity contribution in [3.63, 3.8) is 0 Å². The fraction of sp³-hybridized carbons (Fsp3) is 0.290. The predicted octanol–water partition coefficient (Wildman–Crippen LogP) is 1.15. The van der Waals surface area contributed by atoms with Crippen molar-refractivity contribution >= 4 is 42.3 Å². The molecule has 0 saturated heterocycles. The number of aliphatic carboxylic acids is 1. The quantitative estimate of drug-likeness (QED) is 0.108. The number of nitrogens with zero attached hydrogens (tertiary/aromatic N) is 2. The van der Waals surface area contributed by atoms with Crippen LogP contribution in [-0.4, -0.2) is 79.6 Å². The van der Waals surface area contributed by atoms with Crippen LogP contribution in [0.2, 0.25) is 0 Å². The highest BCUT2D eigenvalue weighted by Crippen LogP contribution is 2.19.